The standard InChI is InChI=1S/C7H15NO2/c1-9-7(4-8)6-2-3-10-5-6/h6-7H,2-5,8H2,1H3/t6-,7+/m0/s1. The lowest BCUT2D eigenvalue weighted by molar-refractivity contribution is 0.0517. The molecule has 0 aromatic rings. The average Bonchev–Trinajstić information content (AvgIpc) is 2.43. The highest BCUT2D eigenvalue weighted by Crippen LogP contribution is 2.17. The summed E-state index contributed by atoms with van der Waals surface area (Å²) < 4.78 is 10.4. The summed E-state index contributed by atoms with van der Waals surface area (Å²) in [6.45, 7) is 2.28. The van der Waals surface area contributed by atoms with Crippen LogP contribution in [-0.2, 0) is 9.47 Å². The second-order valence-electron chi connectivity index (χ2n) is 2.63. The lowest BCUT2D eigenvalue weighted by Gasteiger charge is -2.17. The monoisotopic (exact) mass is 145 g/mol. The maximum absolute atomic E-state index is 5.48. The first-order chi connectivity index (χ1) is 4.88. The number of methoxy groups -OCH3 is 1. The second kappa shape index (κ2) is 3.91. The lowest BCUT2D eigenvalue weighted by atomic mass is 10.0. The lowest BCUT2D eigenvalue weighted by Crippen LogP contribution is -2.31. The fourth-order valence-corrected chi connectivity index (χ4v) is 1.33. The fourth-order valence-electron chi connectivity index (χ4n) is 1.33. The highest BCUT2D eigenvalue weighted by Gasteiger charge is 2.23. The largest absolute Gasteiger partial charge is 0.381 e. The van der Waals surface area contributed by atoms with Crippen LogP contribution in [-0.4, -0.2) is 33.0 Å². The molecule has 0 radical (unpaired) electrons. The molecule has 0 aromatic heterocycles. The topological polar surface area (TPSA) is 44.5 Å². The molecule has 0 aromatic carbocycles. The van der Waals surface area contributed by atoms with Crippen molar-refractivity contribution in [3.05, 3.63) is 0 Å². The Labute approximate surface area is 61.5 Å². The van der Waals surface area contributed by atoms with Crippen molar-refractivity contribution in [1.29, 1.82) is 0 Å². The second-order valence-corrected chi connectivity index (χ2v) is 2.63. The SMILES string of the molecule is CO[C@H](CN)[C@H]1CCOC1. The Kier molecular flexibility index (Phi) is 3.12. The predicted octanol–water partition coefficient (Wildman–Crippen LogP) is -0.00340. The molecular formula is C7H15NO2. The van der Waals surface area contributed by atoms with Crippen molar-refractivity contribution < 1.29 is 9.47 Å². The van der Waals surface area contributed by atoms with Gasteiger partial charge in [-0.25, -0.2) is 0 Å². The van der Waals surface area contributed by atoms with Gasteiger partial charge in [-0.3, -0.25) is 0 Å². The van der Waals surface area contributed by atoms with Gasteiger partial charge >= 0.3 is 0 Å². The highest BCUT2D eigenvalue weighted by atomic mass is 16.5. The Morgan fingerprint density at radius 2 is 2.60 bits per heavy atom. The minimum atomic E-state index is 0.197. The smallest absolute Gasteiger partial charge is 0.0744 e. The summed E-state index contributed by atoms with van der Waals surface area (Å²) in [5.41, 5.74) is 5.48. The molecule has 0 amide bonds. The zero-order valence-electron chi connectivity index (χ0n) is 6.38. The summed E-state index contributed by atoms with van der Waals surface area (Å²) in [4.78, 5) is 0. The van der Waals surface area contributed by atoms with E-state index in [4.69, 9.17) is 15.2 Å². The first kappa shape index (κ1) is 7.98. The summed E-state index contributed by atoms with van der Waals surface area (Å²) in [5.74, 6) is 0.523. The molecule has 10 heavy (non-hydrogen) atoms. The molecular weight excluding hydrogens is 130 g/mol. The Hall–Kier alpha value is -0.120. The molecule has 2 atom stereocenters. The molecule has 1 saturated heterocycles. The average molecular weight is 145 g/mol. The minimum absolute atomic E-state index is 0.197. The molecule has 1 heterocycles. The summed E-state index contributed by atoms with van der Waals surface area (Å²) in [6.07, 6.45) is 1.29. The van der Waals surface area contributed by atoms with E-state index in [-0.39, 0.29) is 6.10 Å². The summed E-state index contributed by atoms with van der Waals surface area (Å²) in [6, 6.07) is 0. The van der Waals surface area contributed by atoms with Gasteiger partial charge in [-0.1, -0.05) is 0 Å². The Bertz CT molecular complexity index is 87.6. The van der Waals surface area contributed by atoms with Crippen molar-refractivity contribution in [2.24, 2.45) is 11.7 Å². The number of ether oxygens (including phenoxy) is 2. The van der Waals surface area contributed by atoms with Crippen molar-refractivity contribution in [2.75, 3.05) is 26.9 Å². The van der Waals surface area contributed by atoms with Gasteiger partial charge in [0.15, 0.2) is 0 Å². The zero-order chi connectivity index (χ0) is 7.40. The van der Waals surface area contributed by atoms with Gasteiger partial charge in [0.25, 0.3) is 0 Å². The van der Waals surface area contributed by atoms with Crippen LogP contribution >= 0.6 is 0 Å². The maximum atomic E-state index is 5.48. The Morgan fingerprint density at radius 1 is 1.80 bits per heavy atom. The molecule has 3 nitrogen and oxygen atoms in total. The van der Waals surface area contributed by atoms with Crippen LogP contribution in [0.3, 0.4) is 0 Å². The third kappa shape index (κ3) is 1.68. The molecule has 0 bridgehead atoms. The van der Waals surface area contributed by atoms with Crippen LogP contribution < -0.4 is 5.73 Å². The number of hydrogen-bond donors (Lipinski definition) is 1. The van der Waals surface area contributed by atoms with Gasteiger partial charge in [-0.15, -0.1) is 0 Å². The molecule has 0 aliphatic carbocycles. The fraction of sp³-hybridized carbons (Fsp3) is 1.00. The van der Waals surface area contributed by atoms with E-state index in [0.29, 0.717) is 12.5 Å². The molecule has 0 unspecified atom stereocenters. The van der Waals surface area contributed by atoms with E-state index in [0.717, 1.165) is 19.6 Å². The van der Waals surface area contributed by atoms with Gasteiger partial charge in [0.05, 0.1) is 12.7 Å². The molecule has 1 fully saturated rings. The predicted molar refractivity (Wildman–Crippen MR) is 38.8 cm³/mol. The molecule has 0 spiro atoms. The van der Waals surface area contributed by atoms with Crippen molar-refractivity contribution in [2.45, 2.75) is 12.5 Å². The van der Waals surface area contributed by atoms with E-state index >= 15 is 0 Å². The number of rotatable bonds is 3. The van der Waals surface area contributed by atoms with Crippen molar-refractivity contribution in [3.63, 3.8) is 0 Å². The van der Waals surface area contributed by atoms with E-state index < -0.39 is 0 Å². The highest BCUT2D eigenvalue weighted by molar-refractivity contribution is 4.74. The van der Waals surface area contributed by atoms with Crippen molar-refractivity contribution in [3.8, 4) is 0 Å². The van der Waals surface area contributed by atoms with Gasteiger partial charge in [-0.2, -0.15) is 0 Å². The zero-order valence-corrected chi connectivity index (χ0v) is 6.38. The molecule has 60 valence electrons. The van der Waals surface area contributed by atoms with Crippen LogP contribution in [0.1, 0.15) is 6.42 Å². The number of nitrogens with two attached hydrogens (primary N) is 1. The molecule has 0 saturated carbocycles. The Balaban J connectivity index is 2.29. The first-order valence-corrected chi connectivity index (χ1v) is 3.69. The molecule has 3 heteroatoms. The van der Waals surface area contributed by atoms with Crippen molar-refractivity contribution >= 4 is 0 Å². The third-order valence-corrected chi connectivity index (χ3v) is 2.03. The van der Waals surface area contributed by atoms with Crippen molar-refractivity contribution in [1.82, 2.24) is 0 Å². The van der Waals surface area contributed by atoms with Gasteiger partial charge in [0.2, 0.25) is 0 Å². The van der Waals surface area contributed by atoms with E-state index in [1.807, 2.05) is 0 Å². The maximum Gasteiger partial charge on any atom is 0.0744 e. The molecule has 1 aliphatic rings. The van der Waals surface area contributed by atoms with Crippen LogP contribution in [0.2, 0.25) is 0 Å². The summed E-state index contributed by atoms with van der Waals surface area (Å²) >= 11 is 0. The van der Waals surface area contributed by atoms with Crippen LogP contribution in [0.5, 0.6) is 0 Å². The number of hydrogen-bond acceptors (Lipinski definition) is 3. The minimum Gasteiger partial charge on any atom is -0.381 e. The molecule has 1 rings (SSSR count). The van der Waals surface area contributed by atoms with E-state index in [2.05, 4.69) is 0 Å². The van der Waals surface area contributed by atoms with Gasteiger partial charge in [0, 0.05) is 26.2 Å². The molecule has 1 aliphatic heterocycles. The van der Waals surface area contributed by atoms with Crippen LogP contribution in [0, 0.1) is 5.92 Å². The quantitative estimate of drug-likeness (QED) is 0.607. The van der Waals surface area contributed by atoms with Gasteiger partial charge in [-0.05, 0) is 6.42 Å². The first-order valence-electron chi connectivity index (χ1n) is 3.69. The third-order valence-electron chi connectivity index (χ3n) is 2.03. The molecule has 2 N–H and O–H groups in total. The normalized spacial score (nSPS) is 28.8. The Morgan fingerprint density at radius 3 is 3.00 bits per heavy atom. The summed E-state index contributed by atoms with van der Waals surface area (Å²) in [7, 11) is 1.70. The van der Waals surface area contributed by atoms with Gasteiger partial charge in [0.1, 0.15) is 0 Å². The summed E-state index contributed by atoms with van der Waals surface area (Å²) in [5, 5.41) is 0. The van der Waals surface area contributed by atoms with Crippen LogP contribution in [0.25, 0.3) is 0 Å². The van der Waals surface area contributed by atoms with Crippen LogP contribution in [0.4, 0.5) is 0 Å². The van der Waals surface area contributed by atoms with E-state index in [9.17, 15) is 0 Å². The van der Waals surface area contributed by atoms with Gasteiger partial charge < -0.3 is 15.2 Å². The van der Waals surface area contributed by atoms with E-state index in [1.165, 1.54) is 0 Å². The van der Waals surface area contributed by atoms with E-state index in [1.54, 1.807) is 7.11 Å². The van der Waals surface area contributed by atoms with Crippen LogP contribution in [0.15, 0.2) is 0 Å².